The standard InChI is InChI=1S/C30H33N3O3/c1-18-5-2-3-8-24(18)26-31-25(9-10-30-15-19-11-20(16-30)13-21(12-19)17-30)27(32-26)33-28(34)22-6-4-7-23(14-22)29(35)36/h2-8,14,19-21H,9-13,15-17H2,1H3,(H,31,32)(H,33,34)(H,35,36). The first-order valence-corrected chi connectivity index (χ1v) is 13.2. The van der Waals surface area contributed by atoms with E-state index in [-0.39, 0.29) is 11.5 Å². The summed E-state index contributed by atoms with van der Waals surface area (Å²) in [6, 6.07) is 14.2. The molecule has 3 aromatic rings. The summed E-state index contributed by atoms with van der Waals surface area (Å²) in [4.78, 5) is 32.9. The predicted octanol–water partition coefficient (Wildman–Crippen LogP) is 6.48. The van der Waals surface area contributed by atoms with Crippen molar-refractivity contribution in [3.8, 4) is 11.4 Å². The van der Waals surface area contributed by atoms with E-state index < -0.39 is 5.97 Å². The molecule has 3 N–H and O–H groups in total. The SMILES string of the molecule is Cc1ccccc1-c1nc(NC(=O)c2cccc(C(=O)O)c2)c(CCC23CC4CC(CC(C4)C2)C3)[nH]1. The Hall–Kier alpha value is -3.41. The maximum Gasteiger partial charge on any atom is 0.335 e. The average molecular weight is 484 g/mol. The molecule has 4 saturated carbocycles. The lowest BCUT2D eigenvalue weighted by Gasteiger charge is -2.57. The fourth-order valence-corrected chi connectivity index (χ4v) is 7.62. The van der Waals surface area contributed by atoms with Crippen LogP contribution in [-0.4, -0.2) is 27.0 Å². The Balaban J connectivity index is 1.28. The molecule has 4 fully saturated rings. The van der Waals surface area contributed by atoms with Gasteiger partial charge in [-0.05, 0) is 105 Å². The molecule has 1 heterocycles. The lowest BCUT2D eigenvalue weighted by atomic mass is 9.48. The minimum absolute atomic E-state index is 0.0901. The number of imidazole rings is 1. The van der Waals surface area contributed by atoms with Crippen LogP contribution >= 0.6 is 0 Å². The molecule has 36 heavy (non-hydrogen) atoms. The van der Waals surface area contributed by atoms with Gasteiger partial charge in [0, 0.05) is 11.1 Å². The smallest absolute Gasteiger partial charge is 0.335 e. The lowest BCUT2D eigenvalue weighted by Crippen LogP contribution is -2.46. The van der Waals surface area contributed by atoms with Crippen LogP contribution in [0.1, 0.15) is 76.9 Å². The number of amides is 1. The van der Waals surface area contributed by atoms with Gasteiger partial charge in [0.2, 0.25) is 0 Å². The number of carbonyl (C=O) groups is 2. The topological polar surface area (TPSA) is 95.1 Å². The molecule has 1 amide bonds. The fourth-order valence-electron chi connectivity index (χ4n) is 7.62. The summed E-state index contributed by atoms with van der Waals surface area (Å²) in [5.41, 5.74) is 3.91. The molecule has 4 bridgehead atoms. The first kappa shape index (κ1) is 23.0. The maximum atomic E-state index is 13.1. The Morgan fingerprint density at radius 1 is 1.00 bits per heavy atom. The number of carboxylic acid groups (broad SMARTS) is 1. The molecule has 1 aromatic heterocycles. The van der Waals surface area contributed by atoms with E-state index in [1.165, 1.54) is 50.7 Å². The molecular formula is C30H33N3O3. The van der Waals surface area contributed by atoms with Crippen LogP contribution in [0.25, 0.3) is 11.4 Å². The van der Waals surface area contributed by atoms with Crippen LogP contribution in [0.2, 0.25) is 0 Å². The summed E-state index contributed by atoms with van der Waals surface area (Å²) in [5.74, 6) is 2.61. The lowest BCUT2D eigenvalue weighted by molar-refractivity contribution is -0.0570. The second kappa shape index (κ2) is 8.91. The first-order valence-electron chi connectivity index (χ1n) is 13.2. The number of aromatic amines is 1. The number of hydrogen-bond acceptors (Lipinski definition) is 3. The summed E-state index contributed by atoms with van der Waals surface area (Å²) < 4.78 is 0. The molecule has 0 saturated heterocycles. The van der Waals surface area contributed by atoms with Crippen LogP contribution in [0.3, 0.4) is 0 Å². The molecule has 0 unspecified atom stereocenters. The molecule has 2 aromatic carbocycles. The predicted molar refractivity (Wildman–Crippen MR) is 139 cm³/mol. The van der Waals surface area contributed by atoms with Gasteiger partial charge in [0.25, 0.3) is 5.91 Å². The molecule has 6 heteroatoms. The minimum atomic E-state index is -1.05. The third-order valence-corrected chi connectivity index (χ3v) is 8.85. The Morgan fingerprint density at radius 3 is 2.33 bits per heavy atom. The van der Waals surface area contributed by atoms with Gasteiger partial charge < -0.3 is 15.4 Å². The molecule has 0 radical (unpaired) electrons. The molecular weight excluding hydrogens is 450 g/mol. The van der Waals surface area contributed by atoms with Gasteiger partial charge >= 0.3 is 5.97 Å². The van der Waals surface area contributed by atoms with Crippen LogP contribution in [0.15, 0.2) is 48.5 Å². The third kappa shape index (κ3) is 4.34. The summed E-state index contributed by atoms with van der Waals surface area (Å²) in [6.07, 6.45) is 10.3. The van der Waals surface area contributed by atoms with Crippen molar-refractivity contribution in [1.29, 1.82) is 0 Å². The van der Waals surface area contributed by atoms with E-state index in [2.05, 4.69) is 23.3 Å². The van der Waals surface area contributed by atoms with Crippen LogP contribution in [-0.2, 0) is 6.42 Å². The number of aromatic carboxylic acids is 1. The minimum Gasteiger partial charge on any atom is -0.478 e. The van der Waals surface area contributed by atoms with Gasteiger partial charge in [-0.2, -0.15) is 0 Å². The van der Waals surface area contributed by atoms with Crippen molar-refractivity contribution in [3.63, 3.8) is 0 Å². The molecule has 4 aliphatic rings. The van der Waals surface area contributed by atoms with E-state index in [1.807, 2.05) is 18.2 Å². The van der Waals surface area contributed by atoms with Gasteiger partial charge in [-0.25, -0.2) is 9.78 Å². The Bertz CT molecular complexity index is 1290. The highest BCUT2D eigenvalue weighted by Crippen LogP contribution is 2.61. The summed E-state index contributed by atoms with van der Waals surface area (Å²) >= 11 is 0. The number of rotatable bonds is 7. The van der Waals surface area contributed by atoms with Gasteiger partial charge in [-0.3, -0.25) is 4.79 Å². The van der Waals surface area contributed by atoms with E-state index in [0.717, 1.165) is 53.2 Å². The highest BCUT2D eigenvalue weighted by molar-refractivity contribution is 6.05. The number of carbonyl (C=O) groups excluding carboxylic acids is 1. The van der Waals surface area contributed by atoms with Crippen molar-refractivity contribution in [1.82, 2.24) is 9.97 Å². The highest BCUT2D eigenvalue weighted by atomic mass is 16.4. The zero-order chi connectivity index (χ0) is 24.9. The Labute approximate surface area is 211 Å². The zero-order valence-electron chi connectivity index (χ0n) is 20.7. The monoisotopic (exact) mass is 483 g/mol. The number of aryl methyl sites for hydroxylation is 2. The van der Waals surface area contributed by atoms with Crippen molar-refractivity contribution >= 4 is 17.7 Å². The van der Waals surface area contributed by atoms with Crippen LogP contribution < -0.4 is 5.32 Å². The average Bonchev–Trinajstić information content (AvgIpc) is 3.24. The second-order valence-electron chi connectivity index (χ2n) is 11.5. The van der Waals surface area contributed by atoms with E-state index in [1.54, 1.807) is 12.1 Å². The largest absolute Gasteiger partial charge is 0.478 e. The Morgan fingerprint density at radius 2 is 1.67 bits per heavy atom. The molecule has 0 spiro atoms. The first-order chi connectivity index (χ1) is 17.4. The number of H-pyrrole nitrogens is 1. The van der Waals surface area contributed by atoms with Gasteiger partial charge in [0.15, 0.2) is 5.82 Å². The maximum absolute atomic E-state index is 13.1. The number of nitrogens with zero attached hydrogens (tertiary/aromatic N) is 1. The van der Waals surface area contributed by atoms with Gasteiger partial charge in [0.05, 0.1) is 11.3 Å². The second-order valence-corrected chi connectivity index (χ2v) is 11.5. The molecule has 6 nitrogen and oxygen atoms in total. The van der Waals surface area contributed by atoms with E-state index >= 15 is 0 Å². The van der Waals surface area contributed by atoms with E-state index in [0.29, 0.717) is 16.8 Å². The number of hydrogen-bond donors (Lipinski definition) is 3. The quantitative estimate of drug-likeness (QED) is 0.358. The fraction of sp³-hybridized carbons (Fsp3) is 0.433. The van der Waals surface area contributed by atoms with Crippen molar-refractivity contribution in [3.05, 3.63) is 70.9 Å². The molecule has 0 atom stereocenters. The van der Waals surface area contributed by atoms with Gasteiger partial charge in [-0.15, -0.1) is 0 Å². The van der Waals surface area contributed by atoms with E-state index in [9.17, 15) is 14.7 Å². The number of carboxylic acids is 1. The van der Waals surface area contributed by atoms with Crippen molar-refractivity contribution < 1.29 is 14.7 Å². The Kier molecular flexibility index (Phi) is 5.70. The van der Waals surface area contributed by atoms with Crippen LogP contribution in [0.4, 0.5) is 5.82 Å². The van der Waals surface area contributed by atoms with Crippen LogP contribution in [0.5, 0.6) is 0 Å². The molecule has 0 aliphatic heterocycles. The molecule has 4 aliphatic carbocycles. The molecule has 186 valence electrons. The van der Waals surface area contributed by atoms with Gasteiger partial charge in [-0.1, -0.05) is 30.3 Å². The van der Waals surface area contributed by atoms with Gasteiger partial charge in [0.1, 0.15) is 5.82 Å². The van der Waals surface area contributed by atoms with E-state index in [4.69, 9.17) is 4.98 Å². The number of anilines is 1. The van der Waals surface area contributed by atoms with Crippen molar-refractivity contribution in [2.24, 2.45) is 23.2 Å². The number of nitrogens with one attached hydrogen (secondary N) is 2. The highest BCUT2D eigenvalue weighted by Gasteiger charge is 2.50. The van der Waals surface area contributed by atoms with Crippen LogP contribution in [0, 0.1) is 30.1 Å². The zero-order valence-corrected chi connectivity index (χ0v) is 20.7. The number of aromatic nitrogens is 2. The molecule has 7 rings (SSSR count). The third-order valence-electron chi connectivity index (χ3n) is 8.85. The summed E-state index contributed by atoms with van der Waals surface area (Å²) in [7, 11) is 0. The van der Waals surface area contributed by atoms with Crippen molar-refractivity contribution in [2.45, 2.75) is 58.3 Å². The normalized spacial score (nSPS) is 26.2. The number of benzene rings is 2. The summed E-state index contributed by atoms with van der Waals surface area (Å²) in [5, 5.41) is 12.3. The van der Waals surface area contributed by atoms with Crippen molar-refractivity contribution in [2.75, 3.05) is 5.32 Å². The summed E-state index contributed by atoms with van der Waals surface area (Å²) in [6.45, 7) is 2.06.